The molecule has 0 heterocycles. The van der Waals surface area contributed by atoms with Gasteiger partial charge in [-0.05, 0) is 18.2 Å². The molecule has 0 aliphatic rings. The third-order valence-electron chi connectivity index (χ3n) is 1.47. The molecule has 0 saturated heterocycles. The number of primary amides is 1. The maximum absolute atomic E-state index is 10.7. The molecule has 0 fully saturated rings. The molecule has 4 N–H and O–H groups in total. The fourth-order valence-electron chi connectivity index (χ4n) is 0.935. The number of nitrogens with two attached hydrogens (primary N) is 1. The Labute approximate surface area is 84.5 Å². The predicted molar refractivity (Wildman–Crippen MR) is 51.6 cm³/mol. The van der Waals surface area contributed by atoms with Crippen LogP contribution < -0.4 is 11.1 Å². The first-order valence-corrected chi connectivity index (χ1v) is 3.98. The summed E-state index contributed by atoms with van der Waals surface area (Å²) < 4.78 is 0. The molecule has 0 bridgehead atoms. The van der Waals surface area contributed by atoms with E-state index < -0.39 is 12.0 Å². The summed E-state index contributed by atoms with van der Waals surface area (Å²) in [5.41, 5.74) is 4.87. The second kappa shape index (κ2) is 3.97. The summed E-state index contributed by atoms with van der Waals surface area (Å²) in [6, 6.07) is 3.24. The molecular weight excluding hydrogens is 208 g/mol. The zero-order chi connectivity index (χ0) is 10.7. The second-order valence-electron chi connectivity index (χ2n) is 2.48. The van der Waals surface area contributed by atoms with Gasteiger partial charge in [0.25, 0.3) is 0 Å². The minimum atomic E-state index is -1.18. The van der Waals surface area contributed by atoms with Crippen LogP contribution in [-0.4, -0.2) is 17.1 Å². The number of hydrogen-bond acceptors (Lipinski definition) is 2. The number of carbonyl (C=O) groups is 2. The highest BCUT2D eigenvalue weighted by atomic mass is 35.5. The Bertz CT molecular complexity index is 392. The lowest BCUT2D eigenvalue weighted by Gasteiger charge is -2.05. The summed E-state index contributed by atoms with van der Waals surface area (Å²) in [5, 5.41) is 11.2. The first kappa shape index (κ1) is 10.3. The molecule has 0 unspecified atom stereocenters. The molecule has 74 valence electrons. The van der Waals surface area contributed by atoms with Gasteiger partial charge in [-0.25, -0.2) is 9.59 Å². The first-order valence-electron chi connectivity index (χ1n) is 3.60. The monoisotopic (exact) mass is 214 g/mol. The van der Waals surface area contributed by atoms with Gasteiger partial charge >= 0.3 is 12.0 Å². The zero-order valence-corrected chi connectivity index (χ0v) is 7.71. The Morgan fingerprint density at radius 1 is 1.43 bits per heavy atom. The molecule has 0 atom stereocenters. The highest BCUT2D eigenvalue weighted by Crippen LogP contribution is 2.20. The van der Waals surface area contributed by atoms with Crippen molar-refractivity contribution in [2.24, 2.45) is 5.73 Å². The van der Waals surface area contributed by atoms with Crippen molar-refractivity contribution in [1.29, 1.82) is 0 Å². The number of benzene rings is 1. The zero-order valence-electron chi connectivity index (χ0n) is 6.95. The van der Waals surface area contributed by atoms with E-state index in [-0.39, 0.29) is 16.3 Å². The number of anilines is 1. The van der Waals surface area contributed by atoms with Gasteiger partial charge in [0.05, 0.1) is 11.3 Å². The normalized spacial score (nSPS) is 9.50. The average Bonchev–Trinajstić information content (AvgIpc) is 2.07. The van der Waals surface area contributed by atoms with Crippen LogP contribution in [0.25, 0.3) is 0 Å². The Morgan fingerprint density at radius 2 is 2.07 bits per heavy atom. The molecule has 2 amide bonds. The van der Waals surface area contributed by atoms with Crippen molar-refractivity contribution in [1.82, 2.24) is 0 Å². The minimum absolute atomic E-state index is 0.101. The van der Waals surface area contributed by atoms with E-state index in [0.29, 0.717) is 0 Å². The van der Waals surface area contributed by atoms with E-state index in [9.17, 15) is 9.59 Å². The molecule has 6 heteroatoms. The Balaban J connectivity index is 3.14. The van der Waals surface area contributed by atoms with Gasteiger partial charge in [-0.2, -0.15) is 0 Å². The number of amides is 2. The van der Waals surface area contributed by atoms with Crippen LogP contribution in [0, 0.1) is 0 Å². The van der Waals surface area contributed by atoms with Crippen molar-refractivity contribution in [3.05, 3.63) is 28.8 Å². The molecule has 5 nitrogen and oxygen atoms in total. The number of halogens is 1. The van der Waals surface area contributed by atoms with Gasteiger partial charge in [0.2, 0.25) is 0 Å². The second-order valence-corrected chi connectivity index (χ2v) is 2.92. The van der Waals surface area contributed by atoms with Crippen LogP contribution in [0.4, 0.5) is 10.5 Å². The van der Waals surface area contributed by atoms with Gasteiger partial charge in [-0.1, -0.05) is 11.6 Å². The number of hydrogen-bond donors (Lipinski definition) is 3. The predicted octanol–water partition coefficient (Wildman–Crippen LogP) is 1.53. The third kappa shape index (κ3) is 2.37. The molecule has 1 rings (SSSR count). The first-order chi connectivity index (χ1) is 6.50. The number of carbonyl (C=O) groups excluding carboxylic acids is 1. The fraction of sp³-hybridized carbons (Fsp3) is 0. The van der Waals surface area contributed by atoms with Gasteiger partial charge in [0.1, 0.15) is 0 Å². The molecule has 0 radical (unpaired) electrons. The van der Waals surface area contributed by atoms with E-state index >= 15 is 0 Å². The van der Waals surface area contributed by atoms with Crippen molar-refractivity contribution in [2.45, 2.75) is 0 Å². The summed E-state index contributed by atoms with van der Waals surface area (Å²) >= 11 is 5.59. The van der Waals surface area contributed by atoms with E-state index in [1.165, 1.54) is 18.2 Å². The number of carboxylic acids is 1. The van der Waals surface area contributed by atoms with Gasteiger partial charge < -0.3 is 16.2 Å². The highest BCUT2D eigenvalue weighted by Gasteiger charge is 2.11. The molecule has 0 aromatic heterocycles. The van der Waals surface area contributed by atoms with Gasteiger partial charge in [-0.15, -0.1) is 0 Å². The minimum Gasteiger partial charge on any atom is -0.478 e. The largest absolute Gasteiger partial charge is 0.478 e. The fourth-order valence-corrected chi connectivity index (χ4v) is 1.11. The molecule has 1 aromatic rings. The van der Waals surface area contributed by atoms with Crippen LogP contribution in [0.5, 0.6) is 0 Å². The topological polar surface area (TPSA) is 92.4 Å². The third-order valence-corrected chi connectivity index (χ3v) is 1.70. The van der Waals surface area contributed by atoms with Gasteiger partial charge in [0.15, 0.2) is 0 Å². The Morgan fingerprint density at radius 3 is 2.57 bits per heavy atom. The number of carboxylic acid groups (broad SMARTS) is 1. The quantitative estimate of drug-likeness (QED) is 0.697. The van der Waals surface area contributed by atoms with Crippen molar-refractivity contribution in [2.75, 3.05) is 5.32 Å². The van der Waals surface area contributed by atoms with Crippen LogP contribution >= 0.6 is 11.6 Å². The molecule has 0 saturated carbocycles. The number of aromatic carboxylic acids is 1. The van der Waals surface area contributed by atoms with Gasteiger partial charge in [0, 0.05) is 5.02 Å². The van der Waals surface area contributed by atoms with Crippen LogP contribution in [0.1, 0.15) is 10.4 Å². The van der Waals surface area contributed by atoms with Crippen molar-refractivity contribution in [3.8, 4) is 0 Å². The summed E-state index contributed by atoms with van der Waals surface area (Å²) in [6.07, 6.45) is 0. The number of nitrogens with one attached hydrogen (secondary N) is 1. The SMILES string of the molecule is NC(=O)Nc1ccc(Cl)cc1C(=O)O. The van der Waals surface area contributed by atoms with Crippen LogP contribution in [0.2, 0.25) is 5.02 Å². The van der Waals surface area contributed by atoms with Gasteiger partial charge in [-0.3, -0.25) is 0 Å². The van der Waals surface area contributed by atoms with E-state index in [2.05, 4.69) is 5.32 Å². The Kier molecular flexibility index (Phi) is 2.93. The van der Waals surface area contributed by atoms with E-state index in [1.807, 2.05) is 0 Å². The molecule has 0 spiro atoms. The summed E-state index contributed by atoms with van der Waals surface area (Å²) in [7, 11) is 0. The lowest BCUT2D eigenvalue weighted by atomic mass is 10.2. The van der Waals surface area contributed by atoms with Crippen molar-refractivity contribution >= 4 is 29.3 Å². The van der Waals surface area contributed by atoms with E-state index in [0.717, 1.165) is 0 Å². The van der Waals surface area contributed by atoms with Crippen LogP contribution in [0.3, 0.4) is 0 Å². The lowest BCUT2D eigenvalue weighted by Crippen LogP contribution is -2.20. The lowest BCUT2D eigenvalue weighted by molar-refractivity contribution is 0.0698. The molecule has 0 aliphatic heterocycles. The van der Waals surface area contributed by atoms with Crippen LogP contribution in [0.15, 0.2) is 18.2 Å². The van der Waals surface area contributed by atoms with Crippen molar-refractivity contribution in [3.63, 3.8) is 0 Å². The summed E-state index contributed by atoms with van der Waals surface area (Å²) in [4.78, 5) is 21.2. The average molecular weight is 215 g/mol. The smallest absolute Gasteiger partial charge is 0.337 e. The molecular formula is C8H7ClN2O3. The molecule has 1 aromatic carbocycles. The maximum Gasteiger partial charge on any atom is 0.337 e. The van der Waals surface area contributed by atoms with Crippen molar-refractivity contribution < 1.29 is 14.7 Å². The van der Waals surface area contributed by atoms with E-state index in [4.69, 9.17) is 22.4 Å². The standard InChI is InChI=1S/C8H7ClN2O3/c9-4-1-2-6(11-8(10)14)5(3-4)7(12)13/h1-3H,(H,12,13)(H3,10,11,14). The number of urea groups is 1. The number of rotatable bonds is 2. The maximum atomic E-state index is 10.7. The summed E-state index contributed by atoms with van der Waals surface area (Å²) in [6.45, 7) is 0. The molecule has 14 heavy (non-hydrogen) atoms. The van der Waals surface area contributed by atoms with Crippen LogP contribution in [-0.2, 0) is 0 Å². The van der Waals surface area contributed by atoms with E-state index in [1.54, 1.807) is 0 Å². The molecule has 0 aliphatic carbocycles. The highest BCUT2D eigenvalue weighted by molar-refractivity contribution is 6.31. The summed E-state index contributed by atoms with van der Waals surface area (Å²) in [5.74, 6) is -1.18. The Hall–Kier alpha value is -1.75.